The third-order valence-corrected chi connectivity index (χ3v) is 1.88. The van der Waals surface area contributed by atoms with Crippen molar-refractivity contribution < 1.29 is 22.8 Å². The number of hydrogen-bond acceptors (Lipinski definition) is 3. The second kappa shape index (κ2) is 4.89. The van der Waals surface area contributed by atoms with E-state index in [0.717, 1.165) is 0 Å². The van der Waals surface area contributed by atoms with E-state index < -0.39 is 17.6 Å². The minimum absolute atomic E-state index is 0.269. The van der Waals surface area contributed by atoms with Crippen molar-refractivity contribution in [3.63, 3.8) is 0 Å². The normalized spacial score (nSPS) is 12.6. The Bertz CT molecular complexity index is 431. The minimum atomic E-state index is -4.55. The first-order valence-electron chi connectivity index (χ1n) is 4.41. The summed E-state index contributed by atoms with van der Waals surface area (Å²) in [7, 11) is 0. The first-order valence-corrected chi connectivity index (χ1v) is 4.41. The Balaban J connectivity index is 2.91. The fraction of sp³-hybridized carbons (Fsp3) is 0.222. The molecule has 4 N–H and O–H groups in total. The van der Waals surface area contributed by atoms with Crippen LogP contribution in [-0.4, -0.2) is 17.6 Å². The van der Waals surface area contributed by atoms with Crippen molar-refractivity contribution in [1.29, 1.82) is 0 Å². The van der Waals surface area contributed by atoms with Crippen molar-refractivity contribution in [3.05, 3.63) is 29.6 Å². The number of nitrogens with zero attached hydrogens (tertiary/aromatic N) is 1. The lowest BCUT2D eigenvalue weighted by atomic mass is 10.2. The van der Waals surface area contributed by atoms with Crippen LogP contribution in [0, 0.1) is 5.82 Å². The van der Waals surface area contributed by atoms with E-state index in [1.54, 1.807) is 0 Å². The average Bonchev–Trinajstić information content (AvgIpc) is 2.26. The Morgan fingerprint density at radius 3 is 2.59 bits per heavy atom. The summed E-state index contributed by atoms with van der Waals surface area (Å²) in [5, 5.41) is 13.1. The lowest BCUT2D eigenvalue weighted by Gasteiger charge is -2.11. The lowest BCUT2D eigenvalue weighted by molar-refractivity contribution is -0.137. The topological polar surface area (TPSA) is 70.6 Å². The number of anilines is 1. The smallest absolute Gasteiger partial charge is 0.409 e. The Morgan fingerprint density at radius 2 is 2.06 bits per heavy atom. The standard InChI is InChI=1S/C9H9F4N3O/c10-6-2-1-5(9(11,12)13)3-7(6)15-4-8(14)16-17/h1-3,15,17H,4H2,(H2,14,16). The highest BCUT2D eigenvalue weighted by Crippen LogP contribution is 2.31. The van der Waals surface area contributed by atoms with Gasteiger partial charge in [-0.3, -0.25) is 0 Å². The molecule has 0 amide bonds. The summed E-state index contributed by atoms with van der Waals surface area (Å²) in [6.45, 7) is -0.269. The van der Waals surface area contributed by atoms with Gasteiger partial charge in [0.2, 0.25) is 0 Å². The summed E-state index contributed by atoms with van der Waals surface area (Å²) >= 11 is 0. The lowest BCUT2D eigenvalue weighted by Crippen LogP contribution is -2.23. The van der Waals surface area contributed by atoms with E-state index in [1.807, 2.05) is 0 Å². The van der Waals surface area contributed by atoms with Gasteiger partial charge in [0.15, 0.2) is 5.84 Å². The Hall–Kier alpha value is -1.99. The number of alkyl halides is 3. The molecule has 0 aliphatic heterocycles. The molecule has 8 heteroatoms. The highest BCUT2D eigenvalue weighted by molar-refractivity contribution is 5.84. The number of hydrogen-bond donors (Lipinski definition) is 3. The quantitative estimate of drug-likeness (QED) is 0.253. The van der Waals surface area contributed by atoms with Crippen molar-refractivity contribution in [2.45, 2.75) is 6.18 Å². The fourth-order valence-corrected chi connectivity index (χ4v) is 1.06. The summed E-state index contributed by atoms with van der Waals surface area (Å²) in [4.78, 5) is 0. The molecule has 0 unspecified atom stereocenters. The molecule has 0 spiro atoms. The highest BCUT2D eigenvalue weighted by Gasteiger charge is 2.31. The largest absolute Gasteiger partial charge is 0.416 e. The number of rotatable bonds is 3. The van der Waals surface area contributed by atoms with E-state index in [2.05, 4.69) is 10.5 Å². The maximum Gasteiger partial charge on any atom is 0.416 e. The molecule has 1 aromatic rings. The molecule has 0 saturated carbocycles. The average molecular weight is 251 g/mol. The third kappa shape index (κ3) is 3.51. The maximum absolute atomic E-state index is 13.1. The molecule has 0 atom stereocenters. The van der Waals surface area contributed by atoms with Crippen LogP contribution in [0.15, 0.2) is 23.4 Å². The molecule has 0 aliphatic rings. The molecule has 0 aliphatic carbocycles. The van der Waals surface area contributed by atoms with Crippen molar-refractivity contribution in [1.82, 2.24) is 0 Å². The number of halogens is 4. The first kappa shape index (κ1) is 13.1. The van der Waals surface area contributed by atoms with E-state index in [-0.39, 0.29) is 18.1 Å². The Labute approximate surface area is 93.7 Å². The van der Waals surface area contributed by atoms with Gasteiger partial charge in [0, 0.05) is 0 Å². The van der Waals surface area contributed by atoms with Crippen LogP contribution in [0.25, 0.3) is 0 Å². The monoisotopic (exact) mass is 251 g/mol. The van der Waals surface area contributed by atoms with Crippen molar-refractivity contribution in [3.8, 4) is 0 Å². The van der Waals surface area contributed by atoms with Gasteiger partial charge in [-0.05, 0) is 18.2 Å². The molecule has 17 heavy (non-hydrogen) atoms. The van der Waals surface area contributed by atoms with E-state index in [0.29, 0.717) is 18.2 Å². The van der Waals surface area contributed by atoms with Crippen molar-refractivity contribution in [2.24, 2.45) is 10.9 Å². The Kier molecular flexibility index (Phi) is 3.77. The maximum atomic E-state index is 13.1. The predicted octanol–water partition coefficient (Wildman–Crippen LogP) is 2.00. The first-order chi connectivity index (χ1) is 7.84. The molecule has 0 heterocycles. The summed E-state index contributed by atoms with van der Waals surface area (Å²) in [6.07, 6.45) is -4.55. The predicted molar refractivity (Wildman–Crippen MR) is 53.3 cm³/mol. The van der Waals surface area contributed by atoms with Gasteiger partial charge in [0.25, 0.3) is 0 Å². The minimum Gasteiger partial charge on any atom is -0.409 e. The molecule has 0 saturated heterocycles. The number of nitrogens with one attached hydrogen (secondary N) is 1. The van der Waals surface area contributed by atoms with Crippen LogP contribution < -0.4 is 11.1 Å². The van der Waals surface area contributed by atoms with E-state index in [1.165, 1.54) is 0 Å². The zero-order valence-corrected chi connectivity index (χ0v) is 8.42. The van der Waals surface area contributed by atoms with Gasteiger partial charge in [0.1, 0.15) is 5.82 Å². The van der Waals surface area contributed by atoms with E-state index >= 15 is 0 Å². The number of oxime groups is 1. The van der Waals surface area contributed by atoms with Gasteiger partial charge >= 0.3 is 6.18 Å². The molecule has 1 aromatic carbocycles. The van der Waals surface area contributed by atoms with Crippen LogP contribution in [-0.2, 0) is 6.18 Å². The second-order valence-corrected chi connectivity index (χ2v) is 3.14. The second-order valence-electron chi connectivity index (χ2n) is 3.14. The fourth-order valence-electron chi connectivity index (χ4n) is 1.06. The highest BCUT2D eigenvalue weighted by atomic mass is 19.4. The third-order valence-electron chi connectivity index (χ3n) is 1.88. The molecule has 0 aromatic heterocycles. The molecular formula is C9H9F4N3O. The summed E-state index contributed by atoms with van der Waals surface area (Å²) in [5.41, 5.74) is 3.73. The van der Waals surface area contributed by atoms with Gasteiger partial charge in [-0.15, -0.1) is 0 Å². The molecule has 1 rings (SSSR count). The van der Waals surface area contributed by atoms with Gasteiger partial charge in [-0.2, -0.15) is 13.2 Å². The summed E-state index contributed by atoms with van der Waals surface area (Å²) in [5.74, 6) is -1.13. The molecule has 0 bridgehead atoms. The van der Waals surface area contributed by atoms with Crippen LogP contribution in [0.1, 0.15) is 5.56 Å². The van der Waals surface area contributed by atoms with Gasteiger partial charge in [-0.1, -0.05) is 5.16 Å². The van der Waals surface area contributed by atoms with Crippen LogP contribution in [0.4, 0.5) is 23.2 Å². The zero-order chi connectivity index (χ0) is 13.1. The van der Waals surface area contributed by atoms with Crippen LogP contribution in [0.2, 0.25) is 0 Å². The Morgan fingerprint density at radius 1 is 1.41 bits per heavy atom. The van der Waals surface area contributed by atoms with Crippen molar-refractivity contribution in [2.75, 3.05) is 11.9 Å². The van der Waals surface area contributed by atoms with E-state index in [4.69, 9.17) is 10.9 Å². The summed E-state index contributed by atoms with van der Waals surface area (Å²) < 4.78 is 50.1. The van der Waals surface area contributed by atoms with Crippen LogP contribution in [0.5, 0.6) is 0 Å². The van der Waals surface area contributed by atoms with Gasteiger partial charge in [0.05, 0.1) is 17.8 Å². The zero-order valence-electron chi connectivity index (χ0n) is 8.42. The SMILES string of the molecule is NC(CNc1cc(C(F)(F)F)ccc1F)=NO. The molecule has 0 radical (unpaired) electrons. The van der Waals surface area contributed by atoms with Gasteiger partial charge < -0.3 is 16.3 Å². The molecule has 4 nitrogen and oxygen atoms in total. The molecule has 0 fully saturated rings. The van der Waals surface area contributed by atoms with Crippen LogP contribution in [0.3, 0.4) is 0 Å². The van der Waals surface area contributed by atoms with Crippen molar-refractivity contribution >= 4 is 11.5 Å². The van der Waals surface area contributed by atoms with Crippen LogP contribution >= 0.6 is 0 Å². The van der Waals surface area contributed by atoms with Gasteiger partial charge in [-0.25, -0.2) is 4.39 Å². The molecular weight excluding hydrogens is 242 g/mol. The molecule has 94 valence electrons. The summed E-state index contributed by atoms with van der Waals surface area (Å²) in [6, 6.07) is 1.93. The number of nitrogens with two attached hydrogens (primary N) is 1. The van der Waals surface area contributed by atoms with E-state index in [9.17, 15) is 17.6 Å². The number of amidine groups is 1. The number of benzene rings is 1.